The monoisotopic (exact) mass is 369 g/mol. The number of nitrogens with one attached hydrogen (secondary N) is 1. The van der Waals surface area contributed by atoms with Crippen LogP contribution < -0.4 is 5.56 Å². The third-order valence-corrected chi connectivity index (χ3v) is 5.69. The van der Waals surface area contributed by atoms with Crippen molar-refractivity contribution in [1.29, 1.82) is 0 Å². The fraction of sp³-hybridized carbons (Fsp3) is 0.0526. The molecule has 0 atom stereocenters. The summed E-state index contributed by atoms with van der Waals surface area (Å²) in [4.78, 5) is 25.3. The van der Waals surface area contributed by atoms with Crippen molar-refractivity contribution in [1.82, 2.24) is 4.98 Å². The van der Waals surface area contributed by atoms with Crippen LogP contribution in [0.5, 0.6) is 0 Å². The maximum absolute atomic E-state index is 12.7. The van der Waals surface area contributed by atoms with Crippen molar-refractivity contribution < 1.29 is 18.3 Å². The Morgan fingerprint density at radius 3 is 2.35 bits per heavy atom. The number of aromatic carboxylic acids is 1. The van der Waals surface area contributed by atoms with Crippen molar-refractivity contribution in [2.24, 2.45) is 0 Å². The lowest BCUT2D eigenvalue weighted by molar-refractivity contribution is 0.0696. The van der Waals surface area contributed by atoms with Gasteiger partial charge < -0.3 is 10.1 Å². The normalized spacial score (nSPS) is 11.2. The highest BCUT2D eigenvalue weighted by Gasteiger charge is 2.19. The van der Waals surface area contributed by atoms with Gasteiger partial charge in [-0.2, -0.15) is 0 Å². The number of aromatic amines is 1. The highest BCUT2D eigenvalue weighted by atomic mass is 32.2. The van der Waals surface area contributed by atoms with Gasteiger partial charge in [0, 0.05) is 18.2 Å². The van der Waals surface area contributed by atoms with E-state index < -0.39 is 15.8 Å². The van der Waals surface area contributed by atoms with Crippen LogP contribution in [-0.4, -0.2) is 24.5 Å². The van der Waals surface area contributed by atoms with Gasteiger partial charge in [-0.1, -0.05) is 24.3 Å². The molecule has 2 N–H and O–H groups in total. The molecule has 1 heterocycles. The second-order valence-electron chi connectivity index (χ2n) is 5.68. The van der Waals surface area contributed by atoms with Crippen LogP contribution in [0.4, 0.5) is 0 Å². The second-order valence-corrected chi connectivity index (χ2v) is 7.63. The van der Waals surface area contributed by atoms with Gasteiger partial charge in [0.15, 0.2) is 0 Å². The molecule has 2 aromatic carbocycles. The minimum absolute atomic E-state index is 0.0609. The summed E-state index contributed by atoms with van der Waals surface area (Å²) in [5.41, 5.74) is 1.10. The molecular weight excluding hydrogens is 354 g/mol. The Balaban J connectivity index is 1.90. The first-order valence-corrected chi connectivity index (χ1v) is 9.20. The third-order valence-electron chi connectivity index (χ3n) is 3.92. The molecule has 0 aliphatic heterocycles. The molecule has 0 bridgehead atoms. The Labute approximate surface area is 149 Å². The molecule has 0 aliphatic rings. The minimum Gasteiger partial charge on any atom is -0.478 e. The summed E-state index contributed by atoms with van der Waals surface area (Å²) in [6.45, 7) is 0. The van der Waals surface area contributed by atoms with E-state index in [4.69, 9.17) is 5.11 Å². The molecule has 0 saturated carbocycles. The molecule has 0 unspecified atom stereocenters. The lowest BCUT2D eigenvalue weighted by Gasteiger charge is -2.07. The predicted molar refractivity (Wildman–Crippen MR) is 95.2 cm³/mol. The highest BCUT2D eigenvalue weighted by Crippen LogP contribution is 2.22. The molecule has 26 heavy (non-hydrogen) atoms. The Morgan fingerprint density at radius 2 is 1.69 bits per heavy atom. The minimum atomic E-state index is -3.82. The number of aromatic nitrogens is 1. The van der Waals surface area contributed by atoms with E-state index in [-0.39, 0.29) is 20.9 Å². The summed E-state index contributed by atoms with van der Waals surface area (Å²) < 4.78 is 25.4. The van der Waals surface area contributed by atoms with Crippen molar-refractivity contribution >= 4 is 15.8 Å². The van der Waals surface area contributed by atoms with E-state index in [0.717, 1.165) is 11.6 Å². The molecule has 132 valence electrons. The number of carbonyl (C=O) groups is 1. The number of H-pyrrole nitrogens is 1. The largest absolute Gasteiger partial charge is 0.478 e. The van der Waals surface area contributed by atoms with Gasteiger partial charge in [0.05, 0.1) is 15.4 Å². The van der Waals surface area contributed by atoms with Crippen molar-refractivity contribution in [3.05, 3.63) is 93.9 Å². The molecule has 6 nitrogen and oxygen atoms in total. The topological polar surface area (TPSA) is 104 Å². The highest BCUT2D eigenvalue weighted by molar-refractivity contribution is 7.91. The van der Waals surface area contributed by atoms with E-state index >= 15 is 0 Å². The van der Waals surface area contributed by atoms with E-state index in [1.165, 1.54) is 30.3 Å². The van der Waals surface area contributed by atoms with Crippen molar-refractivity contribution in [3.8, 4) is 0 Å². The lowest BCUT2D eigenvalue weighted by Crippen LogP contribution is -2.11. The number of benzene rings is 2. The van der Waals surface area contributed by atoms with Crippen LogP contribution in [0.2, 0.25) is 0 Å². The maximum Gasteiger partial charge on any atom is 0.335 e. The van der Waals surface area contributed by atoms with Crippen LogP contribution in [0.15, 0.2) is 81.4 Å². The van der Waals surface area contributed by atoms with Crippen LogP contribution in [0.25, 0.3) is 0 Å². The molecule has 3 aromatic rings. The van der Waals surface area contributed by atoms with Crippen LogP contribution >= 0.6 is 0 Å². The second kappa shape index (κ2) is 6.97. The van der Waals surface area contributed by atoms with E-state index in [1.54, 1.807) is 30.5 Å². The summed E-state index contributed by atoms with van der Waals surface area (Å²) in [7, 11) is -3.82. The van der Waals surface area contributed by atoms with Gasteiger partial charge in [0.2, 0.25) is 9.84 Å². The fourth-order valence-electron chi connectivity index (χ4n) is 2.53. The standard InChI is InChI=1S/C19H15NO5S/c21-18-14(4-2-10-20-18)11-13-6-8-16(9-7-13)26(24,25)17-5-1-3-15(12-17)19(22)23/h1-10,12H,11H2,(H,20,21)(H,22,23). The van der Waals surface area contributed by atoms with Crippen molar-refractivity contribution in [2.45, 2.75) is 16.2 Å². The Morgan fingerprint density at radius 1 is 0.962 bits per heavy atom. The van der Waals surface area contributed by atoms with Crippen LogP contribution in [0.3, 0.4) is 0 Å². The van der Waals surface area contributed by atoms with Gasteiger partial charge in [0.25, 0.3) is 5.56 Å². The number of sulfone groups is 1. The van der Waals surface area contributed by atoms with E-state index in [9.17, 15) is 18.0 Å². The Hall–Kier alpha value is -3.19. The first-order chi connectivity index (χ1) is 12.4. The first-order valence-electron chi connectivity index (χ1n) is 7.72. The predicted octanol–water partition coefficient (Wildman–Crippen LogP) is 2.50. The number of carboxylic acid groups (broad SMARTS) is 1. The quantitative estimate of drug-likeness (QED) is 0.719. The number of hydrogen-bond donors (Lipinski definition) is 2. The van der Waals surface area contributed by atoms with Gasteiger partial charge in [-0.05, 0) is 42.0 Å². The van der Waals surface area contributed by atoms with Crippen LogP contribution in [0, 0.1) is 0 Å². The number of rotatable bonds is 5. The van der Waals surface area contributed by atoms with Gasteiger partial charge in [-0.15, -0.1) is 0 Å². The van der Waals surface area contributed by atoms with E-state index in [0.29, 0.717) is 12.0 Å². The smallest absolute Gasteiger partial charge is 0.335 e. The Kier molecular flexibility index (Phi) is 4.73. The lowest BCUT2D eigenvalue weighted by atomic mass is 10.1. The summed E-state index contributed by atoms with van der Waals surface area (Å²) in [5.74, 6) is -1.19. The zero-order chi connectivity index (χ0) is 18.7. The summed E-state index contributed by atoms with van der Waals surface area (Å²) >= 11 is 0. The van der Waals surface area contributed by atoms with Crippen LogP contribution in [0.1, 0.15) is 21.5 Å². The molecule has 7 heteroatoms. The molecule has 1 aromatic heterocycles. The molecule has 0 fully saturated rings. The molecule has 0 radical (unpaired) electrons. The van der Waals surface area contributed by atoms with Gasteiger partial charge in [0.1, 0.15) is 0 Å². The molecule has 3 rings (SSSR count). The van der Waals surface area contributed by atoms with Crippen LogP contribution in [-0.2, 0) is 16.3 Å². The summed E-state index contributed by atoms with van der Waals surface area (Å²) in [6, 6.07) is 14.8. The van der Waals surface area contributed by atoms with E-state index in [1.807, 2.05) is 0 Å². The average molecular weight is 369 g/mol. The molecule has 0 aliphatic carbocycles. The zero-order valence-corrected chi connectivity index (χ0v) is 14.4. The van der Waals surface area contributed by atoms with E-state index in [2.05, 4.69) is 4.98 Å². The zero-order valence-electron chi connectivity index (χ0n) is 13.5. The fourth-order valence-corrected chi connectivity index (χ4v) is 3.84. The molecule has 0 spiro atoms. The molecular formula is C19H15NO5S. The van der Waals surface area contributed by atoms with Gasteiger partial charge >= 0.3 is 5.97 Å². The van der Waals surface area contributed by atoms with Crippen molar-refractivity contribution in [3.63, 3.8) is 0 Å². The number of pyridine rings is 1. The SMILES string of the molecule is O=C(O)c1cccc(S(=O)(=O)c2ccc(Cc3ccc[nH]c3=O)cc2)c1. The van der Waals surface area contributed by atoms with Gasteiger partial charge in [-0.3, -0.25) is 4.79 Å². The summed E-state index contributed by atoms with van der Waals surface area (Å²) in [5, 5.41) is 9.02. The number of hydrogen-bond acceptors (Lipinski definition) is 4. The molecule has 0 saturated heterocycles. The first kappa shape index (κ1) is 17.6. The summed E-state index contributed by atoms with van der Waals surface area (Å²) in [6.07, 6.45) is 1.93. The van der Waals surface area contributed by atoms with Gasteiger partial charge in [-0.25, -0.2) is 13.2 Å². The molecule has 0 amide bonds. The maximum atomic E-state index is 12.7. The average Bonchev–Trinajstić information content (AvgIpc) is 2.64. The number of carboxylic acids is 1. The third kappa shape index (κ3) is 3.57. The van der Waals surface area contributed by atoms with Crippen molar-refractivity contribution in [2.75, 3.05) is 0 Å². The Bertz CT molecular complexity index is 1110.